The third-order valence-electron chi connectivity index (χ3n) is 5.12. The first-order valence-electron chi connectivity index (χ1n) is 11.2. The number of carbonyl (C=O) groups excluding carboxylic acids is 2. The summed E-state index contributed by atoms with van der Waals surface area (Å²) in [4.78, 5) is 26.0. The van der Waals surface area contributed by atoms with Gasteiger partial charge in [0.25, 0.3) is 5.91 Å². The van der Waals surface area contributed by atoms with Crippen LogP contribution in [0, 0.1) is 5.82 Å². The van der Waals surface area contributed by atoms with Crippen LogP contribution in [-0.4, -0.2) is 31.7 Å². The highest BCUT2D eigenvalue weighted by Crippen LogP contribution is 2.16. The van der Waals surface area contributed by atoms with Crippen molar-refractivity contribution < 1.29 is 22.4 Å². The lowest BCUT2D eigenvalue weighted by atomic mass is 9.97. The van der Waals surface area contributed by atoms with E-state index in [1.54, 1.807) is 32.9 Å². The molecule has 0 aliphatic rings. The number of rotatable bonds is 9. The summed E-state index contributed by atoms with van der Waals surface area (Å²) in [6, 6.07) is 19.8. The molecule has 6 nitrogen and oxygen atoms in total. The summed E-state index contributed by atoms with van der Waals surface area (Å²) in [6.07, 6.45) is 0.261. The molecular formula is C27H29FN2O4S. The first-order valence-corrected chi connectivity index (χ1v) is 12.7. The number of hydrogen-bond acceptors (Lipinski definition) is 4. The van der Waals surface area contributed by atoms with Crippen molar-refractivity contribution in [3.63, 3.8) is 0 Å². The molecule has 184 valence electrons. The van der Waals surface area contributed by atoms with Gasteiger partial charge in [-0.25, -0.2) is 17.5 Å². The quantitative estimate of drug-likeness (QED) is 0.467. The summed E-state index contributed by atoms with van der Waals surface area (Å²) < 4.78 is 41.2. The lowest BCUT2D eigenvalue weighted by Crippen LogP contribution is -2.43. The predicted octanol–water partition coefficient (Wildman–Crippen LogP) is 4.06. The van der Waals surface area contributed by atoms with Crippen molar-refractivity contribution in [1.82, 2.24) is 10.0 Å². The summed E-state index contributed by atoms with van der Waals surface area (Å²) >= 11 is 0. The smallest absolute Gasteiger partial charge is 0.251 e. The Kier molecular flexibility index (Phi) is 8.19. The number of ketones is 1. The molecule has 0 saturated heterocycles. The van der Waals surface area contributed by atoms with Gasteiger partial charge in [0.05, 0.1) is 10.9 Å². The fourth-order valence-corrected chi connectivity index (χ4v) is 4.96. The predicted molar refractivity (Wildman–Crippen MR) is 133 cm³/mol. The maximum atomic E-state index is 13.6. The SMILES string of the molecule is CC(C)(C)NS(=O)(=O)c1ccc(CC(=O)[C@H](Cc2ccccc2)NC(=O)c2cccc(F)c2)cc1. The van der Waals surface area contributed by atoms with Crippen LogP contribution in [0.4, 0.5) is 4.39 Å². The van der Waals surface area contributed by atoms with E-state index in [0.717, 1.165) is 11.6 Å². The van der Waals surface area contributed by atoms with E-state index in [0.29, 0.717) is 5.56 Å². The molecule has 3 aromatic carbocycles. The maximum Gasteiger partial charge on any atom is 0.251 e. The van der Waals surface area contributed by atoms with Crippen molar-refractivity contribution in [2.24, 2.45) is 0 Å². The molecule has 0 saturated carbocycles. The van der Waals surface area contributed by atoms with E-state index >= 15 is 0 Å². The van der Waals surface area contributed by atoms with Gasteiger partial charge in [-0.1, -0.05) is 48.5 Å². The van der Waals surface area contributed by atoms with Crippen LogP contribution in [0.5, 0.6) is 0 Å². The van der Waals surface area contributed by atoms with Gasteiger partial charge < -0.3 is 5.32 Å². The second kappa shape index (κ2) is 10.9. The van der Waals surface area contributed by atoms with Gasteiger partial charge in [-0.05, 0) is 68.7 Å². The number of nitrogens with one attached hydrogen (secondary N) is 2. The molecule has 3 aromatic rings. The Labute approximate surface area is 205 Å². The highest BCUT2D eigenvalue weighted by atomic mass is 32.2. The Bertz CT molecular complexity index is 1280. The molecule has 0 aliphatic heterocycles. The Balaban J connectivity index is 1.77. The monoisotopic (exact) mass is 496 g/mol. The molecule has 0 aliphatic carbocycles. The van der Waals surface area contributed by atoms with Crippen LogP contribution in [0.25, 0.3) is 0 Å². The normalized spacial score (nSPS) is 12.7. The van der Waals surface area contributed by atoms with Gasteiger partial charge in [0.1, 0.15) is 5.82 Å². The number of Topliss-reactive ketones (excluding diaryl/α,β-unsaturated/α-hetero) is 1. The average Bonchev–Trinajstić information content (AvgIpc) is 2.78. The zero-order valence-corrected chi connectivity index (χ0v) is 20.7. The van der Waals surface area contributed by atoms with Crippen LogP contribution in [0.15, 0.2) is 83.8 Å². The molecule has 0 radical (unpaired) electrons. The van der Waals surface area contributed by atoms with E-state index in [4.69, 9.17) is 0 Å². The molecule has 35 heavy (non-hydrogen) atoms. The Morgan fingerprint density at radius 3 is 2.14 bits per heavy atom. The fraction of sp³-hybridized carbons (Fsp3) is 0.259. The highest BCUT2D eigenvalue weighted by Gasteiger charge is 2.24. The second-order valence-corrected chi connectivity index (χ2v) is 11.1. The highest BCUT2D eigenvalue weighted by molar-refractivity contribution is 7.89. The number of amides is 1. The second-order valence-electron chi connectivity index (χ2n) is 9.37. The Morgan fingerprint density at radius 2 is 1.54 bits per heavy atom. The van der Waals surface area contributed by atoms with Gasteiger partial charge >= 0.3 is 0 Å². The summed E-state index contributed by atoms with van der Waals surface area (Å²) in [7, 11) is -3.69. The van der Waals surface area contributed by atoms with Crippen LogP contribution >= 0.6 is 0 Å². The maximum absolute atomic E-state index is 13.6. The van der Waals surface area contributed by atoms with E-state index in [2.05, 4.69) is 10.0 Å². The zero-order valence-electron chi connectivity index (χ0n) is 19.9. The number of carbonyl (C=O) groups is 2. The Morgan fingerprint density at radius 1 is 0.886 bits per heavy atom. The third kappa shape index (κ3) is 7.83. The van der Waals surface area contributed by atoms with E-state index in [9.17, 15) is 22.4 Å². The van der Waals surface area contributed by atoms with Gasteiger partial charge in [-0.2, -0.15) is 0 Å². The zero-order chi connectivity index (χ0) is 25.6. The number of hydrogen-bond donors (Lipinski definition) is 2. The van der Waals surface area contributed by atoms with E-state index in [1.165, 1.54) is 30.3 Å². The molecule has 0 fully saturated rings. The minimum Gasteiger partial charge on any atom is -0.342 e. The summed E-state index contributed by atoms with van der Waals surface area (Å²) in [5.74, 6) is -1.34. The van der Waals surface area contributed by atoms with Crippen LogP contribution in [0.3, 0.4) is 0 Å². The molecule has 0 bridgehead atoms. The average molecular weight is 497 g/mol. The van der Waals surface area contributed by atoms with Gasteiger partial charge in [-0.3, -0.25) is 9.59 Å². The van der Waals surface area contributed by atoms with Crippen molar-refractivity contribution in [1.29, 1.82) is 0 Å². The largest absolute Gasteiger partial charge is 0.342 e. The molecule has 0 spiro atoms. The number of sulfonamides is 1. The molecule has 1 atom stereocenters. The topological polar surface area (TPSA) is 92.3 Å². The minimum atomic E-state index is -3.69. The molecule has 0 aromatic heterocycles. The number of benzene rings is 3. The summed E-state index contributed by atoms with van der Waals surface area (Å²) in [5.41, 5.74) is 0.970. The molecule has 0 unspecified atom stereocenters. The number of halogens is 1. The Hall–Kier alpha value is -3.36. The van der Waals surface area contributed by atoms with Crippen molar-refractivity contribution in [3.8, 4) is 0 Å². The van der Waals surface area contributed by atoms with E-state index in [-0.39, 0.29) is 29.1 Å². The third-order valence-corrected chi connectivity index (χ3v) is 6.89. The first kappa shape index (κ1) is 26.2. The van der Waals surface area contributed by atoms with Gasteiger partial charge in [0.15, 0.2) is 5.78 Å². The van der Waals surface area contributed by atoms with Crippen LogP contribution in [0.1, 0.15) is 42.3 Å². The lowest BCUT2D eigenvalue weighted by molar-refractivity contribution is -0.120. The minimum absolute atomic E-state index is 0.00599. The molecule has 1 amide bonds. The van der Waals surface area contributed by atoms with Crippen LogP contribution in [-0.2, 0) is 27.7 Å². The van der Waals surface area contributed by atoms with Gasteiger partial charge in [0, 0.05) is 17.5 Å². The standard InChI is InChI=1S/C27H29FN2O4S/c1-27(2,3)30-35(33,34)23-14-12-20(13-15-23)17-25(31)24(16-19-8-5-4-6-9-19)29-26(32)21-10-7-11-22(28)18-21/h4-15,18,24,30H,16-17H2,1-3H3,(H,29,32)/t24-/m0/s1. The fourth-order valence-electron chi connectivity index (χ4n) is 3.54. The van der Waals surface area contributed by atoms with E-state index in [1.807, 2.05) is 30.3 Å². The molecule has 0 heterocycles. The van der Waals surface area contributed by atoms with Crippen molar-refractivity contribution in [2.45, 2.75) is 50.1 Å². The molecule has 3 rings (SSSR count). The summed E-state index contributed by atoms with van der Waals surface area (Å²) in [6.45, 7) is 5.26. The van der Waals surface area contributed by atoms with E-state index < -0.39 is 33.3 Å². The first-order chi connectivity index (χ1) is 16.4. The molecular weight excluding hydrogens is 467 g/mol. The van der Waals surface area contributed by atoms with Crippen molar-refractivity contribution >= 4 is 21.7 Å². The van der Waals surface area contributed by atoms with Gasteiger partial charge in [0.2, 0.25) is 10.0 Å². The van der Waals surface area contributed by atoms with Gasteiger partial charge in [-0.15, -0.1) is 0 Å². The van der Waals surface area contributed by atoms with Crippen LogP contribution < -0.4 is 10.0 Å². The molecule has 8 heteroatoms. The summed E-state index contributed by atoms with van der Waals surface area (Å²) in [5, 5.41) is 2.73. The molecule has 2 N–H and O–H groups in total. The van der Waals surface area contributed by atoms with Crippen LogP contribution in [0.2, 0.25) is 0 Å². The lowest BCUT2D eigenvalue weighted by Gasteiger charge is -2.20. The van der Waals surface area contributed by atoms with Crippen molar-refractivity contribution in [3.05, 3.63) is 101 Å². The van der Waals surface area contributed by atoms with Crippen molar-refractivity contribution in [2.75, 3.05) is 0 Å².